The van der Waals surface area contributed by atoms with Gasteiger partial charge in [0.15, 0.2) is 5.69 Å². The van der Waals surface area contributed by atoms with Gasteiger partial charge in [-0.3, -0.25) is 10.1 Å². The summed E-state index contributed by atoms with van der Waals surface area (Å²) in [4.78, 5) is 19.1. The molecule has 0 saturated carbocycles. The molecule has 29 heavy (non-hydrogen) atoms. The molecule has 7 nitrogen and oxygen atoms in total. The van der Waals surface area contributed by atoms with E-state index in [9.17, 15) is 18.0 Å². The Bertz CT molecular complexity index is 752. The minimum Gasteiger partial charge on any atom is -0.343 e. The number of alkyl halides is 3. The maximum absolute atomic E-state index is 13.3. The number of hydrogen-bond donors (Lipinski definition) is 2. The molecule has 0 fully saturated rings. The van der Waals surface area contributed by atoms with Crippen LogP contribution in [0.1, 0.15) is 49.2 Å². The van der Waals surface area contributed by atoms with E-state index < -0.39 is 29.3 Å². The summed E-state index contributed by atoms with van der Waals surface area (Å²) in [7, 11) is 3.57. The molecular weight excluding hydrogens is 387 g/mol. The lowest BCUT2D eigenvalue weighted by atomic mass is 9.94. The molecule has 2 heterocycles. The van der Waals surface area contributed by atoms with E-state index in [1.807, 2.05) is 32.7 Å². The van der Waals surface area contributed by atoms with Crippen molar-refractivity contribution in [3.63, 3.8) is 0 Å². The van der Waals surface area contributed by atoms with Gasteiger partial charge in [-0.25, -0.2) is 4.98 Å². The van der Waals surface area contributed by atoms with Crippen LogP contribution in [0.4, 0.5) is 13.2 Å². The van der Waals surface area contributed by atoms with Crippen molar-refractivity contribution < 1.29 is 22.7 Å². The number of nitrogens with one attached hydrogen (secondary N) is 2. The highest BCUT2D eigenvalue weighted by Crippen LogP contribution is 2.34. The molecule has 0 unspecified atom stereocenters. The molecule has 10 heteroatoms. The Morgan fingerprint density at radius 2 is 1.97 bits per heavy atom. The quantitative estimate of drug-likeness (QED) is 0.697. The highest BCUT2D eigenvalue weighted by Gasteiger charge is 2.38. The molecule has 2 rings (SSSR count). The van der Waals surface area contributed by atoms with Gasteiger partial charge >= 0.3 is 6.18 Å². The van der Waals surface area contributed by atoms with Crippen LogP contribution in [0.2, 0.25) is 0 Å². The molecule has 0 aliphatic carbocycles. The number of ether oxygens (including phenoxy) is 1. The minimum atomic E-state index is -4.63. The van der Waals surface area contributed by atoms with Gasteiger partial charge in [-0.05, 0) is 27.1 Å². The van der Waals surface area contributed by atoms with E-state index >= 15 is 0 Å². The van der Waals surface area contributed by atoms with Crippen molar-refractivity contribution in [2.75, 3.05) is 27.4 Å². The first-order chi connectivity index (χ1) is 13.4. The summed E-state index contributed by atoms with van der Waals surface area (Å²) in [5, 5.41) is 5.62. The van der Waals surface area contributed by atoms with E-state index in [-0.39, 0.29) is 18.2 Å². The number of rotatable bonds is 6. The summed E-state index contributed by atoms with van der Waals surface area (Å²) in [5.74, 6) is -0.877. The van der Waals surface area contributed by atoms with Gasteiger partial charge in [-0.2, -0.15) is 13.2 Å². The average molecular weight is 417 g/mol. The van der Waals surface area contributed by atoms with Gasteiger partial charge < -0.3 is 19.5 Å². The van der Waals surface area contributed by atoms with Gasteiger partial charge in [0.1, 0.15) is 12.1 Å². The lowest BCUT2D eigenvalue weighted by molar-refractivity contribution is -0.0693. The maximum atomic E-state index is 13.3. The Labute approximate surface area is 169 Å². The van der Waals surface area contributed by atoms with Crippen LogP contribution in [0.25, 0.3) is 5.57 Å². The fourth-order valence-corrected chi connectivity index (χ4v) is 3.12. The largest absolute Gasteiger partial charge is 0.419 e. The topological polar surface area (TPSA) is 71.4 Å². The fraction of sp³-hybridized carbons (Fsp3) is 0.684. The third kappa shape index (κ3) is 5.58. The summed E-state index contributed by atoms with van der Waals surface area (Å²) in [6.45, 7) is 10.4. The molecule has 0 radical (unpaired) electrons. The zero-order valence-corrected chi connectivity index (χ0v) is 17.6. The SMILES string of the molecule is C=C(c1nc(C(=O)N[C@H](OCNC)C(C)(C)C)c2n1CCCN(C)C2)C(F)(F)F. The molecule has 164 valence electrons. The molecule has 2 N–H and O–H groups in total. The van der Waals surface area contributed by atoms with Crippen molar-refractivity contribution in [1.29, 1.82) is 0 Å². The number of amides is 1. The highest BCUT2D eigenvalue weighted by molar-refractivity contribution is 5.94. The van der Waals surface area contributed by atoms with Crippen molar-refractivity contribution in [1.82, 2.24) is 25.1 Å². The first-order valence-corrected chi connectivity index (χ1v) is 9.47. The number of halogens is 3. The number of nitrogens with zero attached hydrogens (tertiary/aromatic N) is 3. The normalized spacial score (nSPS) is 16.8. The number of hydrogen-bond acceptors (Lipinski definition) is 5. The van der Waals surface area contributed by atoms with E-state index in [2.05, 4.69) is 22.2 Å². The standard InChI is InChI=1S/C19H30F3N5O2/c1-12(19(20,21)22)15-24-14(13-10-26(6)8-7-9-27(13)15)16(28)25-17(18(2,3)4)29-11-23-5/h17,23H,1,7-11H2,2-6H3,(H,25,28)/t17-/m1/s1. The van der Waals surface area contributed by atoms with Gasteiger partial charge in [0, 0.05) is 18.5 Å². The van der Waals surface area contributed by atoms with Crippen molar-refractivity contribution in [3.8, 4) is 0 Å². The van der Waals surface area contributed by atoms with Crippen LogP contribution in [0.15, 0.2) is 6.58 Å². The third-order valence-corrected chi connectivity index (χ3v) is 4.68. The molecule has 0 aromatic carbocycles. The molecule has 0 spiro atoms. The summed E-state index contributed by atoms with van der Waals surface area (Å²) in [6, 6.07) is 0. The number of imidazole rings is 1. The van der Waals surface area contributed by atoms with E-state index in [4.69, 9.17) is 4.74 Å². The second-order valence-electron chi connectivity index (χ2n) is 8.33. The van der Waals surface area contributed by atoms with Gasteiger partial charge in [0.2, 0.25) is 0 Å². The first kappa shape index (κ1) is 23.4. The van der Waals surface area contributed by atoms with E-state index in [1.54, 1.807) is 7.05 Å². The predicted molar refractivity (Wildman–Crippen MR) is 104 cm³/mol. The molecule has 0 bridgehead atoms. The van der Waals surface area contributed by atoms with Crippen LogP contribution in [0.3, 0.4) is 0 Å². The van der Waals surface area contributed by atoms with Gasteiger partial charge in [0.25, 0.3) is 5.91 Å². The Morgan fingerprint density at radius 3 is 2.52 bits per heavy atom. The summed E-state index contributed by atoms with van der Waals surface area (Å²) in [6.07, 6.45) is -4.63. The Morgan fingerprint density at radius 1 is 1.31 bits per heavy atom. The van der Waals surface area contributed by atoms with Crippen molar-refractivity contribution >= 4 is 11.5 Å². The van der Waals surface area contributed by atoms with E-state index in [0.717, 1.165) is 0 Å². The van der Waals surface area contributed by atoms with Crippen LogP contribution < -0.4 is 10.6 Å². The monoisotopic (exact) mass is 417 g/mol. The molecule has 1 aliphatic heterocycles. The molecule has 0 saturated heterocycles. The Kier molecular flexibility index (Phi) is 7.13. The first-order valence-electron chi connectivity index (χ1n) is 9.47. The van der Waals surface area contributed by atoms with Crippen LogP contribution >= 0.6 is 0 Å². The van der Waals surface area contributed by atoms with Crippen LogP contribution in [0, 0.1) is 5.41 Å². The highest BCUT2D eigenvalue weighted by atomic mass is 19.4. The molecule has 1 aromatic rings. The van der Waals surface area contributed by atoms with Crippen LogP contribution in [-0.2, 0) is 17.8 Å². The van der Waals surface area contributed by atoms with Crippen molar-refractivity contribution in [3.05, 3.63) is 23.8 Å². The van der Waals surface area contributed by atoms with Crippen molar-refractivity contribution in [2.45, 2.75) is 52.7 Å². The molecule has 1 amide bonds. The number of fused-ring (bicyclic) bond motifs is 1. The molecule has 1 aromatic heterocycles. The fourth-order valence-electron chi connectivity index (χ4n) is 3.12. The Balaban J connectivity index is 2.44. The third-order valence-electron chi connectivity index (χ3n) is 4.68. The summed E-state index contributed by atoms with van der Waals surface area (Å²) < 4.78 is 47.1. The number of carbonyl (C=O) groups excluding carboxylic acids is 1. The van der Waals surface area contributed by atoms with Gasteiger partial charge in [-0.1, -0.05) is 27.4 Å². The minimum absolute atomic E-state index is 0.0264. The Hall–Kier alpha value is -1.91. The lowest BCUT2D eigenvalue weighted by Gasteiger charge is -2.31. The molecular formula is C19H30F3N5O2. The number of carbonyl (C=O) groups is 1. The molecule has 1 aliphatic rings. The number of aromatic nitrogens is 2. The maximum Gasteiger partial charge on any atom is 0.419 e. The lowest BCUT2D eigenvalue weighted by Crippen LogP contribution is -2.47. The summed E-state index contributed by atoms with van der Waals surface area (Å²) in [5.41, 5.74) is -1.06. The summed E-state index contributed by atoms with van der Waals surface area (Å²) >= 11 is 0. The van der Waals surface area contributed by atoms with E-state index in [0.29, 0.717) is 31.7 Å². The predicted octanol–water partition coefficient (Wildman–Crippen LogP) is 2.59. The van der Waals surface area contributed by atoms with Gasteiger partial charge in [0.05, 0.1) is 18.0 Å². The van der Waals surface area contributed by atoms with Crippen LogP contribution in [0.5, 0.6) is 0 Å². The zero-order chi connectivity index (χ0) is 22.0. The number of allylic oxidation sites excluding steroid dienone is 1. The second-order valence-corrected chi connectivity index (χ2v) is 8.33. The zero-order valence-electron chi connectivity index (χ0n) is 17.6. The van der Waals surface area contributed by atoms with E-state index in [1.165, 1.54) is 4.57 Å². The molecule has 1 atom stereocenters. The average Bonchev–Trinajstić information content (AvgIpc) is 2.82. The smallest absolute Gasteiger partial charge is 0.343 e. The second kappa shape index (κ2) is 8.85. The van der Waals surface area contributed by atoms with Gasteiger partial charge in [-0.15, -0.1) is 0 Å². The van der Waals surface area contributed by atoms with Crippen molar-refractivity contribution in [2.24, 2.45) is 5.41 Å². The van der Waals surface area contributed by atoms with Crippen LogP contribution in [-0.4, -0.2) is 60.1 Å².